The number of nitrogens with zero attached hydrogens (tertiary/aromatic N) is 3. The zero-order valence-electron chi connectivity index (χ0n) is 17.6. The number of amides is 1. The number of carbonyl (C=O) groups is 1. The Kier molecular flexibility index (Phi) is 5.46. The number of nitrogens with two attached hydrogens (primary N) is 1. The quantitative estimate of drug-likeness (QED) is 0.644. The molecule has 1 aromatic carbocycles. The Morgan fingerprint density at radius 1 is 1.19 bits per heavy atom. The number of rotatable bonds is 1. The average molecular weight is 422 g/mol. The van der Waals surface area contributed by atoms with Crippen molar-refractivity contribution in [2.75, 3.05) is 26.4 Å². The molecule has 3 aromatic rings. The van der Waals surface area contributed by atoms with Crippen molar-refractivity contribution in [3.63, 3.8) is 0 Å². The topological polar surface area (TPSA) is 90.6 Å². The number of methoxy groups -OCH3 is 1. The molecule has 2 aromatic heterocycles. The van der Waals surface area contributed by atoms with E-state index in [1.807, 2.05) is 6.07 Å². The number of ether oxygens (including phenoxy) is 2. The van der Waals surface area contributed by atoms with E-state index in [0.717, 1.165) is 16.8 Å². The van der Waals surface area contributed by atoms with Crippen molar-refractivity contribution in [2.45, 2.75) is 19.4 Å². The Bertz CT molecular complexity index is 1150. The van der Waals surface area contributed by atoms with Crippen molar-refractivity contribution in [3.8, 4) is 22.6 Å². The van der Waals surface area contributed by atoms with Crippen LogP contribution in [0.1, 0.15) is 34.6 Å². The van der Waals surface area contributed by atoms with Gasteiger partial charge in [-0.3, -0.25) is 9.78 Å². The third-order valence-electron chi connectivity index (χ3n) is 5.37. The van der Waals surface area contributed by atoms with Gasteiger partial charge in [0.15, 0.2) is 11.6 Å². The number of hydrogen-bond donors (Lipinski definition) is 1. The van der Waals surface area contributed by atoms with Gasteiger partial charge < -0.3 is 20.1 Å². The molecule has 3 heterocycles. The van der Waals surface area contributed by atoms with Gasteiger partial charge in [0, 0.05) is 54.2 Å². The summed E-state index contributed by atoms with van der Waals surface area (Å²) in [5, 5.41) is 0. The molecule has 0 saturated heterocycles. The first-order valence-electron chi connectivity index (χ1n) is 9.87. The second kappa shape index (κ2) is 8.22. The number of pyridine rings is 2. The van der Waals surface area contributed by atoms with E-state index in [0.29, 0.717) is 35.6 Å². The van der Waals surface area contributed by atoms with Gasteiger partial charge in [-0.15, -0.1) is 0 Å². The lowest BCUT2D eigenvalue weighted by Gasteiger charge is -2.23. The lowest BCUT2D eigenvalue weighted by atomic mass is 10.0. The van der Waals surface area contributed by atoms with Gasteiger partial charge in [0.05, 0.1) is 13.3 Å². The highest BCUT2D eigenvalue weighted by molar-refractivity contribution is 5.95. The molecule has 1 aliphatic heterocycles. The van der Waals surface area contributed by atoms with E-state index in [1.165, 1.54) is 18.2 Å². The Balaban J connectivity index is 1.89. The molecular formula is C23H23FN4O3. The Morgan fingerprint density at radius 3 is 2.77 bits per heavy atom. The fourth-order valence-electron chi connectivity index (χ4n) is 3.62. The van der Waals surface area contributed by atoms with Gasteiger partial charge in [-0.1, -0.05) is 0 Å². The molecule has 8 heteroatoms. The van der Waals surface area contributed by atoms with Crippen LogP contribution in [0.5, 0.6) is 11.5 Å². The predicted molar refractivity (Wildman–Crippen MR) is 115 cm³/mol. The summed E-state index contributed by atoms with van der Waals surface area (Å²) in [6.45, 7) is 2.18. The maximum Gasteiger partial charge on any atom is 0.254 e. The van der Waals surface area contributed by atoms with Crippen molar-refractivity contribution in [2.24, 2.45) is 0 Å². The number of hydrogen-bond acceptors (Lipinski definition) is 6. The number of benzene rings is 1. The molecule has 0 saturated carbocycles. The first kappa shape index (κ1) is 20.6. The number of halogens is 1. The third-order valence-corrected chi connectivity index (χ3v) is 5.37. The zero-order chi connectivity index (χ0) is 22.1. The van der Waals surface area contributed by atoms with Crippen LogP contribution >= 0.6 is 0 Å². The number of aromatic nitrogens is 2. The lowest BCUT2D eigenvalue weighted by Crippen LogP contribution is -2.30. The molecule has 31 heavy (non-hydrogen) atoms. The van der Waals surface area contributed by atoms with Gasteiger partial charge in [0.2, 0.25) is 0 Å². The molecule has 1 aliphatic rings. The van der Waals surface area contributed by atoms with E-state index in [-0.39, 0.29) is 11.7 Å². The van der Waals surface area contributed by atoms with Crippen molar-refractivity contribution < 1.29 is 18.7 Å². The van der Waals surface area contributed by atoms with E-state index in [2.05, 4.69) is 9.97 Å². The summed E-state index contributed by atoms with van der Waals surface area (Å²) in [7, 11) is 3.28. The zero-order valence-corrected chi connectivity index (χ0v) is 17.6. The van der Waals surface area contributed by atoms with Gasteiger partial charge in [-0.2, -0.15) is 0 Å². The normalized spacial score (nSPS) is 16.2. The summed E-state index contributed by atoms with van der Waals surface area (Å²) >= 11 is 0. The molecule has 2 N–H and O–H groups in total. The maximum atomic E-state index is 14.0. The van der Waals surface area contributed by atoms with Gasteiger partial charge in [-0.25, -0.2) is 9.37 Å². The molecule has 1 unspecified atom stereocenters. The van der Waals surface area contributed by atoms with E-state index < -0.39 is 11.9 Å². The van der Waals surface area contributed by atoms with Crippen molar-refractivity contribution in [1.82, 2.24) is 14.9 Å². The van der Waals surface area contributed by atoms with Gasteiger partial charge in [0.25, 0.3) is 5.91 Å². The number of fused-ring (bicyclic) bond motifs is 6. The van der Waals surface area contributed by atoms with Crippen LogP contribution in [0.15, 0.2) is 42.7 Å². The minimum Gasteiger partial charge on any atom is -0.494 e. The maximum absolute atomic E-state index is 14.0. The molecule has 0 spiro atoms. The van der Waals surface area contributed by atoms with Gasteiger partial charge in [-0.05, 0) is 37.3 Å². The SMILES string of the molecule is COc1cnc2cc1-c1cnc(N)c(c1)OC(C)c1cc(F)ccc1C(=O)N(C)CC2. The molecule has 4 rings (SSSR count). The smallest absolute Gasteiger partial charge is 0.254 e. The van der Waals surface area contributed by atoms with Crippen molar-refractivity contribution >= 4 is 11.7 Å². The summed E-state index contributed by atoms with van der Waals surface area (Å²) in [5.74, 6) is 0.430. The largest absolute Gasteiger partial charge is 0.494 e. The highest BCUT2D eigenvalue weighted by Crippen LogP contribution is 2.36. The predicted octanol–water partition coefficient (Wildman–Crippen LogP) is 3.64. The highest BCUT2D eigenvalue weighted by atomic mass is 19.1. The fraction of sp³-hybridized carbons (Fsp3) is 0.261. The van der Waals surface area contributed by atoms with E-state index in [9.17, 15) is 9.18 Å². The van der Waals surface area contributed by atoms with Gasteiger partial charge in [0.1, 0.15) is 17.7 Å². The van der Waals surface area contributed by atoms with Crippen LogP contribution in [0.25, 0.3) is 11.1 Å². The van der Waals surface area contributed by atoms with Crippen LogP contribution in [0.2, 0.25) is 0 Å². The summed E-state index contributed by atoms with van der Waals surface area (Å²) < 4.78 is 25.6. The fourth-order valence-corrected chi connectivity index (χ4v) is 3.62. The molecular weight excluding hydrogens is 399 g/mol. The number of nitrogen functional groups attached to an aromatic ring is 1. The lowest BCUT2D eigenvalue weighted by molar-refractivity contribution is 0.0791. The molecule has 160 valence electrons. The monoisotopic (exact) mass is 422 g/mol. The molecule has 0 aliphatic carbocycles. The van der Waals surface area contributed by atoms with Crippen LogP contribution in [0.3, 0.4) is 0 Å². The van der Waals surface area contributed by atoms with Crippen LogP contribution in [0, 0.1) is 5.82 Å². The summed E-state index contributed by atoms with van der Waals surface area (Å²) in [5.41, 5.74) is 9.19. The Labute approximate surface area is 179 Å². The van der Waals surface area contributed by atoms with Crippen LogP contribution < -0.4 is 15.2 Å². The minimum atomic E-state index is -0.639. The standard InChI is InChI=1S/C23H23FN4O3/c1-13-18-9-15(24)4-5-17(18)23(29)28(2)7-6-16-10-19(21(30-3)12-26-16)14-8-20(31-13)22(25)27-11-14/h4-5,8-13H,6-7H2,1-3H3,(H2,25,27). The van der Waals surface area contributed by atoms with Crippen molar-refractivity contribution in [3.05, 3.63) is 65.4 Å². The summed E-state index contributed by atoms with van der Waals surface area (Å²) in [4.78, 5) is 23.4. The number of anilines is 1. The van der Waals surface area contributed by atoms with Crippen LogP contribution in [0.4, 0.5) is 10.2 Å². The molecule has 7 nitrogen and oxygen atoms in total. The molecule has 0 radical (unpaired) electrons. The second-order valence-corrected chi connectivity index (χ2v) is 7.45. The van der Waals surface area contributed by atoms with E-state index in [1.54, 1.807) is 44.4 Å². The number of carbonyl (C=O) groups excluding carboxylic acids is 1. The molecule has 1 amide bonds. The van der Waals surface area contributed by atoms with E-state index in [4.69, 9.17) is 15.2 Å². The van der Waals surface area contributed by atoms with Crippen LogP contribution in [-0.2, 0) is 6.42 Å². The average Bonchev–Trinajstić information content (AvgIpc) is 2.77. The van der Waals surface area contributed by atoms with Gasteiger partial charge >= 0.3 is 0 Å². The summed E-state index contributed by atoms with van der Waals surface area (Å²) in [6, 6.07) is 7.75. The number of likely N-dealkylation sites (N-methyl/N-ethyl adjacent to an activating group) is 1. The molecule has 4 bridgehead atoms. The highest BCUT2D eigenvalue weighted by Gasteiger charge is 2.23. The second-order valence-electron chi connectivity index (χ2n) is 7.45. The first-order chi connectivity index (χ1) is 14.9. The minimum absolute atomic E-state index is 0.192. The van der Waals surface area contributed by atoms with Crippen LogP contribution in [-0.4, -0.2) is 41.5 Å². The summed E-state index contributed by atoms with van der Waals surface area (Å²) in [6.07, 6.45) is 3.19. The van der Waals surface area contributed by atoms with E-state index >= 15 is 0 Å². The van der Waals surface area contributed by atoms with Crippen molar-refractivity contribution in [1.29, 1.82) is 0 Å². The molecule has 0 fully saturated rings. The molecule has 1 atom stereocenters. The third kappa shape index (κ3) is 4.01. The Morgan fingerprint density at radius 2 is 2.00 bits per heavy atom. The Hall–Kier alpha value is -3.68. The first-order valence-corrected chi connectivity index (χ1v) is 9.87.